The van der Waals surface area contributed by atoms with Crippen LogP contribution in [0.25, 0.3) is 11.0 Å². The number of carbonyl (C=O) groups is 1. The van der Waals surface area contributed by atoms with Crippen molar-refractivity contribution in [1.29, 1.82) is 0 Å². The maximum atomic E-state index is 11.2. The zero-order valence-electron chi connectivity index (χ0n) is 11.4. The first-order valence-corrected chi connectivity index (χ1v) is 6.72. The number of nitrogens with two attached hydrogens (primary N) is 2. The van der Waals surface area contributed by atoms with Crippen molar-refractivity contribution >= 4 is 16.9 Å². The molecule has 0 saturated heterocycles. The third kappa shape index (κ3) is 2.39. The van der Waals surface area contributed by atoms with E-state index < -0.39 is 5.91 Å². The molecule has 3 rings (SSSR count). The van der Waals surface area contributed by atoms with Crippen LogP contribution in [0.1, 0.15) is 22.0 Å². The zero-order chi connectivity index (χ0) is 14.8. The number of imidazole rings is 1. The molecule has 0 aliphatic rings. The van der Waals surface area contributed by atoms with Crippen molar-refractivity contribution in [2.45, 2.75) is 6.04 Å². The molecule has 2 aromatic carbocycles. The quantitative estimate of drug-likeness (QED) is 0.762. The van der Waals surface area contributed by atoms with Crippen LogP contribution in [-0.4, -0.2) is 22.0 Å². The molecule has 0 aliphatic carbocycles. The van der Waals surface area contributed by atoms with Crippen LogP contribution in [0.2, 0.25) is 0 Å². The molecule has 1 heterocycles. The molecule has 0 fully saturated rings. The second-order valence-electron chi connectivity index (χ2n) is 4.88. The lowest BCUT2D eigenvalue weighted by atomic mass is 10.1. The summed E-state index contributed by atoms with van der Waals surface area (Å²) in [5, 5.41) is 0. The second kappa shape index (κ2) is 5.38. The lowest BCUT2D eigenvalue weighted by molar-refractivity contribution is 0.100. The molecule has 0 bridgehead atoms. The number of hydrogen-bond donors (Lipinski definition) is 2. The molecule has 0 aliphatic heterocycles. The van der Waals surface area contributed by atoms with Crippen LogP contribution in [0.15, 0.2) is 54.9 Å². The van der Waals surface area contributed by atoms with Gasteiger partial charge in [-0.15, -0.1) is 0 Å². The van der Waals surface area contributed by atoms with Crippen molar-refractivity contribution in [2.24, 2.45) is 11.5 Å². The molecule has 5 heteroatoms. The van der Waals surface area contributed by atoms with Gasteiger partial charge >= 0.3 is 0 Å². The Bertz CT molecular complexity index is 779. The predicted molar refractivity (Wildman–Crippen MR) is 81.9 cm³/mol. The van der Waals surface area contributed by atoms with E-state index in [-0.39, 0.29) is 6.04 Å². The minimum atomic E-state index is -0.454. The molecule has 4 N–H and O–H groups in total. The van der Waals surface area contributed by atoms with Crippen molar-refractivity contribution in [3.8, 4) is 0 Å². The van der Waals surface area contributed by atoms with E-state index in [0.717, 1.165) is 16.6 Å². The number of aromatic nitrogens is 2. The van der Waals surface area contributed by atoms with Gasteiger partial charge in [-0.25, -0.2) is 4.98 Å². The van der Waals surface area contributed by atoms with Crippen LogP contribution in [0.3, 0.4) is 0 Å². The molecule has 5 nitrogen and oxygen atoms in total. The van der Waals surface area contributed by atoms with Crippen molar-refractivity contribution in [1.82, 2.24) is 9.55 Å². The second-order valence-corrected chi connectivity index (χ2v) is 4.88. The maximum Gasteiger partial charge on any atom is 0.248 e. The highest BCUT2D eigenvalue weighted by molar-refractivity contribution is 5.96. The number of benzene rings is 2. The van der Waals surface area contributed by atoms with Crippen molar-refractivity contribution in [3.05, 3.63) is 66.0 Å². The fourth-order valence-corrected chi connectivity index (χ4v) is 2.52. The highest BCUT2D eigenvalue weighted by atomic mass is 16.1. The zero-order valence-corrected chi connectivity index (χ0v) is 11.4. The van der Waals surface area contributed by atoms with Crippen LogP contribution in [-0.2, 0) is 0 Å². The summed E-state index contributed by atoms with van der Waals surface area (Å²) in [6.45, 7) is 0.465. The first-order valence-electron chi connectivity index (χ1n) is 6.72. The van der Waals surface area contributed by atoms with E-state index in [1.54, 1.807) is 18.5 Å². The average molecular weight is 280 g/mol. The minimum Gasteiger partial charge on any atom is -0.366 e. The van der Waals surface area contributed by atoms with Gasteiger partial charge in [-0.1, -0.05) is 30.3 Å². The van der Waals surface area contributed by atoms with E-state index in [1.165, 1.54) is 0 Å². The summed E-state index contributed by atoms with van der Waals surface area (Å²) < 4.78 is 2.02. The molecule has 106 valence electrons. The number of amides is 1. The lowest BCUT2D eigenvalue weighted by Crippen LogP contribution is -2.19. The average Bonchev–Trinajstić information content (AvgIpc) is 2.92. The summed E-state index contributed by atoms with van der Waals surface area (Å²) in [5.74, 6) is -0.454. The normalized spacial score (nSPS) is 12.4. The molecule has 3 aromatic rings. The van der Waals surface area contributed by atoms with E-state index >= 15 is 0 Å². The molecule has 1 aromatic heterocycles. The molecule has 0 spiro atoms. The topological polar surface area (TPSA) is 86.9 Å². The smallest absolute Gasteiger partial charge is 0.248 e. The highest BCUT2D eigenvalue weighted by Gasteiger charge is 2.15. The standard InChI is InChI=1S/C16H16N4O/c17-9-15(11-4-2-1-3-5-11)20-10-19-13-8-12(16(18)21)6-7-14(13)20/h1-8,10,15H,9,17H2,(H2,18,21). The first-order chi connectivity index (χ1) is 10.2. The maximum absolute atomic E-state index is 11.2. The number of carbonyl (C=O) groups excluding carboxylic acids is 1. The Kier molecular flexibility index (Phi) is 3.41. The van der Waals surface area contributed by atoms with Crippen LogP contribution < -0.4 is 11.5 Å². The third-order valence-electron chi connectivity index (χ3n) is 3.60. The molecule has 0 saturated carbocycles. The number of primary amides is 1. The Hall–Kier alpha value is -2.66. The summed E-state index contributed by atoms with van der Waals surface area (Å²) in [6, 6.07) is 15.3. The number of fused-ring (bicyclic) bond motifs is 1. The van der Waals surface area contributed by atoms with Gasteiger partial charge in [0.2, 0.25) is 5.91 Å². The van der Waals surface area contributed by atoms with E-state index in [2.05, 4.69) is 4.98 Å². The summed E-state index contributed by atoms with van der Waals surface area (Å²) in [4.78, 5) is 15.6. The van der Waals surface area contributed by atoms with Gasteiger partial charge in [-0.3, -0.25) is 4.79 Å². The van der Waals surface area contributed by atoms with Gasteiger partial charge in [0.05, 0.1) is 23.4 Å². The van der Waals surface area contributed by atoms with Gasteiger partial charge in [0.1, 0.15) is 0 Å². The number of nitrogens with zero attached hydrogens (tertiary/aromatic N) is 2. The molecule has 0 radical (unpaired) electrons. The monoisotopic (exact) mass is 280 g/mol. The Morgan fingerprint density at radius 2 is 1.95 bits per heavy atom. The molecule has 1 amide bonds. The Labute approximate surface area is 122 Å². The van der Waals surface area contributed by atoms with Gasteiger partial charge in [0, 0.05) is 12.1 Å². The minimum absolute atomic E-state index is 0.00984. The third-order valence-corrected chi connectivity index (χ3v) is 3.60. The van der Waals surface area contributed by atoms with Crippen LogP contribution in [0.5, 0.6) is 0 Å². The highest BCUT2D eigenvalue weighted by Crippen LogP contribution is 2.23. The fraction of sp³-hybridized carbons (Fsp3) is 0.125. The Balaban J connectivity index is 2.09. The van der Waals surface area contributed by atoms with E-state index in [0.29, 0.717) is 12.1 Å². The van der Waals surface area contributed by atoms with Crippen LogP contribution in [0.4, 0.5) is 0 Å². The SMILES string of the molecule is NCC(c1ccccc1)n1cnc2cc(C(N)=O)ccc21. The molecule has 21 heavy (non-hydrogen) atoms. The summed E-state index contributed by atoms with van der Waals surface area (Å²) in [6.07, 6.45) is 1.75. The molecule has 1 unspecified atom stereocenters. The predicted octanol–water partition coefficient (Wildman–Crippen LogP) is 1.68. The Morgan fingerprint density at radius 3 is 2.62 bits per heavy atom. The molecular formula is C16H16N4O. The summed E-state index contributed by atoms with van der Waals surface area (Å²) in [5.41, 5.74) is 14.5. The number of hydrogen-bond acceptors (Lipinski definition) is 3. The fourth-order valence-electron chi connectivity index (χ4n) is 2.52. The van der Waals surface area contributed by atoms with E-state index in [1.807, 2.05) is 41.0 Å². The van der Waals surface area contributed by atoms with Gasteiger partial charge in [-0.2, -0.15) is 0 Å². The largest absolute Gasteiger partial charge is 0.366 e. The Morgan fingerprint density at radius 1 is 1.19 bits per heavy atom. The molecule has 1 atom stereocenters. The summed E-state index contributed by atoms with van der Waals surface area (Å²) >= 11 is 0. The van der Waals surface area contributed by atoms with E-state index in [4.69, 9.17) is 11.5 Å². The molecular weight excluding hydrogens is 264 g/mol. The van der Waals surface area contributed by atoms with Crippen LogP contribution >= 0.6 is 0 Å². The number of rotatable bonds is 4. The first kappa shape index (κ1) is 13.3. The van der Waals surface area contributed by atoms with Crippen molar-refractivity contribution < 1.29 is 4.79 Å². The van der Waals surface area contributed by atoms with Crippen molar-refractivity contribution in [2.75, 3.05) is 6.54 Å². The van der Waals surface area contributed by atoms with Crippen LogP contribution in [0, 0.1) is 0 Å². The summed E-state index contributed by atoms with van der Waals surface area (Å²) in [7, 11) is 0. The van der Waals surface area contributed by atoms with Crippen molar-refractivity contribution in [3.63, 3.8) is 0 Å². The van der Waals surface area contributed by atoms with Gasteiger partial charge in [-0.05, 0) is 23.8 Å². The van der Waals surface area contributed by atoms with Gasteiger partial charge in [0.15, 0.2) is 0 Å². The van der Waals surface area contributed by atoms with Gasteiger partial charge in [0.25, 0.3) is 0 Å². The lowest BCUT2D eigenvalue weighted by Gasteiger charge is -2.18. The van der Waals surface area contributed by atoms with Gasteiger partial charge < -0.3 is 16.0 Å². The van der Waals surface area contributed by atoms with E-state index in [9.17, 15) is 4.79 Å².